The van der Waals surface area contributed by atoms with Crippen molar-refractivity contribution in [2.45, 2.75) is 19.9 Å². The van der Waals surface area contributed by atoms with Gasteiger partial charge in [0.2, 0.25) is 0 Å². The van der Waals surface area contributed by atoms with Crippen LogP contribution in [0.2, 0.25) is 0 Å². The van der Waals surface area contributed by atoms with Crippen molar-refractivity contribution in [3.05, 3.63) is 62.5 Å². The standard InChI is InChI=1S/C17H19FINO/c1-4-20-17(13-7-5-6-11(2)16(13)19)14-10-12(18)8-9-15(14)21-3/h5-10,17,20H,4H2,1-3H3. The summed E-state index contributed by atoms with van der Waals surface area (Å²) in [6, 6.07) is 10.7. The maximum absolute atomic E-state index is 13.7. The summed E-state index contributed by atoms with van der Waals surface area (Å²) in [5.41, 5.74) is 3.18. The number of hydrogen-bond acceptors (Lipinski definition) is 2. The summed E-state index contributed by atoms with van der Waals surface area (Å²) in [5, 5.41) is 3.43. The Hall–Kier alpha value is -1.14. The van der Waals surface area contributed by atoms with E-state index in [0.29, 0.717) is 5.75 Å². The third-order valence-corrected chi connectivity index (χ3v) is 4.92. The first kappa shape index (κ1) is 16.2. The van der Waals surface area contributed by atoms with Crippen LogP contribution >= 0.6 is 22.6 Å². The molecule has 4 heteroatoms. The second-order valence-corrected chi connectivity index (χ2v) is 5.93. The predicted molar refractivity (Wildman–Crippen MR) is 92.4 cm³/mol. The van der Waals surface area contributed by atoms with Crippen molar-refractivity contribution in [2.75, 3.05) is 13.7 Å². The van der Waals surface area contributed by atoms with E-state index in [0.717, 1.165) is 17.7 Å². The number of nitrogens with one attached hydrogen (secondary N) is 1. The summed E-state index contributed by atoms with van der Waals surface area (Å²) < 4.78 is 20.3. The molecule has 0 amide bonds. The molecule has 1 unspecified atom stereocenters. The lowest BCUT2D eigenvalue weighted by Crippen LogP contribution is -2.23. The van der Waals surface area contributed by atoms with Gasteiger partial charge in [0.05, 0.1) is 13.2 Å². The van der Waals surface area contributed by atoms with E-state index in [9.17, 15) is 4.39 Å². The highest BCUT2D eigenvalue weighted by molar-refractivity contribution is 14.1. The van der Waals surface area contributed by atoms with Gasteiger partial charge in [-0.2, -0.15) is 0 Å². The molecule has 0 aliphatic heterocycles. The summed E-state index contributed by atoms with van der Waals surface area (Å²) in [7, 11) is 1.61. The Balaban J connectivity index is 2.58. The fourth-order valence-corrected chi connectivity index (χ4v) is 3.09. The van der Waals surface area contributed by atoms with Crippen LogP contribution in [0, 0.1) is 16.3 Å². The number of halogens is 2. The molecule has 2 aromatic rings. The van der Waals surface area contributed by atoms with Crippen molar-refractivity contribution in [3.63, 3.8) is 0 Å². The van der Waals surface area contributed by atoms with Gasteiger partial charge in [0.15, 0.2) is 0 Å². The zero-order valence-electron chi connectivity index (χ0n) is 12.4. The number of rotatable bonds is 5. The van der Waals surface area contributed by atoms with Crippen molar-refractivity contribution in [2.24, 2.45) is 0 Å². The minimum absolute atomic E-state index is 0.0903. The number of hydrogen-bond donors (Lipinski definition) is 1. The van der Waals surface area contributed by atoms with Crippen LogP contribution in [-0.4, -0.2) is 13.7 Å². The lowest BCUT2D eigenvalue weighted by Gasteiger charge is -2.23. The second kappa shape index (κ2) is 7.22. The van der Waals surface area contributed by atoms with Gasteiger partial charge in [-0.3, -0.25) is 0 Å². The molecule has 0 fully saturated rings. The molecule has 2 nitrogen and oxygen atoms in total. The molecule has 0 saturated heterocycles. The summed E-state index contributed by atoms with van der Waals surface area (Å²) in [5.74, 6) is 0.441. The Kier molecular flexibility index (Phi) is 5.58. The number of aryl methyl sites for hydroxylation is 1. The van der Waals surface area contributed by atoms with E-state index in [1.54, 1.807) is 19.2 Å². The summed E-state index contributed by atoms with van der Waals surface area (Å²) >= 11 is 2.34. The van der Waals surface area contributed by atoms with Crippen molar-refractivity contribution < 1.29 is 9.13 Å². The number of benzene rings is 2. The molecular weight excluding hydrogens is 380 g/mol. The molecule has 0 heterocycles. The SMILES string of the molecule is CCNC(c1cc(F)ccc1OC)c1cccc(C)c1I. The Bertz CT molecular complexity index is 630. The van der Waals surface area contributed by atoms with Crippen LogP contribution in [0.5, 0.6) is 5.75 Å². The van der Waals surface area contributed by atoms with Crippen molar-refractivity contribution in [3.8, 4) is 5.75 Å². The quantitative estimate of drug-likeness (QED) is 0.751. The molecule has 0 bridgehead atoms. The first-order valence-electron chi connectivity index (χ1n) is 6.90. The fraction of sp³-hybridized carbons (Fsp3) is 0.294. The van der Waals surface area contributed by atoms with Crippen LogP contribution in [0.15, 0.2) is 36.4 Å². The highest BCUT2D eigenvalue weighted by Crippen LogP contribution is 2.33. The second-order valence-electron chi connectivity index (χ2n) is 4.86. The summed E-state index contributed by atoms with van der Waals surface area (Å²) in [6.45, 7) is 4.91. The van der Waals surface area contributed by atoms with Crippen LogP contribution < -0.4 is 10.1 Å². The predicted octanol–water partition coefficient (Wildman–Crippen LogP) is 4.45. The number of ether oxygens (including phenoxy) is 1. The van der Waals surface area contributed by atoms with Crippen LogP contribution in [-0.2, 0) is 0 Å². The number of methoxy groups -OCH3 is 1. The van der Waals surface area contributed by atoms with E-state index < -0.39 is 0 Å². The average Bonchev–Trinajstić information content (AvgIpc) is 2.48. The molecule has 0 aliphatic carbocycles. The van der Waals surface area contributed by atoms with E-state index in [-0.39, 0.29) is 11.9 Å². The first-order valence-corrected chi connectivity index (χ1v) is 7.98. The molecule has 2 rings (SSSR count). The monoisotopic (exact) mass is 399 g/mol. The molecule has 1 N–H and O–H groups in total. The highest BCUT2D eigenvalue weighted by Gasteiger charge is 2.20. The molecular formula is C17H19FINO. The van der Waals surface area contributed by atoms with E-state index in [4.69, 9.17) is 4.74 Å². The van der Waals surface area contributed by atoms with Gasteiger partial charge in [-0.1, -0.05) is 25.1 Å². The molecule has 0 aliphatic rings. The lowest BCUT2D eigenvalue weighted by atomic mass is 9.96. The smallest absolute Gasteiger partial charge is 0.124 e. The average molecular weight is 399 g/mol. The van der Waals surface area contributed by atoms with E-state index >= 15 is 0 Å². The normalized spacial score (nSPS) is 12.2. The van der Waals surface area contributed by atoms with Gasteiger partial charge in [-0.05, 0) is 65.4 Å². The molecule has 112 valence electrons. The van der Waals surface area contributed by atoms with Gasteiger partial charge in [0.25, 0.3) is 0 Å². The van der Waals surface area contributed by atoms with Crippen molar-refractivity contribution >= 4 is 22.6 Å². The molecule has 0 spiro atoms. The van der Waals surface area contributed by atoms with E-state index in [1.807, 2.05) is 13.0 Å². The van der Waals surface area contributed by atoms with Crippen molar-refractivity contribution in [1.82, 2.24) is 5.32 Å². The molecule has 1 atom stereocenters. The molecule has 0 saturated carbocycles. The molecule has 0 aromatic heterocycles. The minimum Gasteiger partial charge on any atom is -0.496 e. The molecule has 0 radical (unpaired) electrons. The minimum atomic E-state index is -0.253. The zero-order valence-corrected chi connectivity index (χ0v) is 14.6. The van der Waals surface area contributed by atoms with Gasteiger partial charge in [0, 0.05) is 9.13 Å². The zero-order chi connectivity index (χ0) is 15.4. The summed E-state index contributed by atoms with van der Waals surface area (Å²) in [6.07, 6.45) is 0. The van der Waals surface area contributed by atoms with Gasteiger partial charge in [-0.25, -0.2) is 4.39 Å². The molecule has 21 heavy (non-hydrogen) atoms. The Morgan fingerprint density at radius 3 is 2.67 bits per heavy atom. The van der Waals surface area contributed by atoms with Gasteiger partial charge < -0.3 is 10.1 Å². The summed E-state index contributed by atoms with van der Waals surface area (Å²) in [4.78, 5) is 0. The van der Waals surface area contributed by atoms with Crippen LogP contribution in [0.3, 0.4) is 0 Å². The molecule has 2 aromatic carbocycles. The fourth-order valence-electron chi connectivity index (χ4n) is 2.42. The van der Waals surface area contributed by atoms with Crippen molar-refractivity contribution in [1.29, 1.82) is 0 Å². The van der Waals surface area contributed by atoms with Crippen LogP contribution in [0.1, 0.15) is 29.7 Å². The van der Waals surface area contributed by atoms with Gasteiger partial charge in [0.1, 0.15) is 11.6 Å². The van der Waals surface area contributed by atoms with Crippen LogP contribution in [0.25, 0.3) is 0 Å². The van der Waals surface area contributed by atoms with Crippen LogP contribution in [0.4, 0.5) is 4.39 Å². The maximum atomic E-state index is 13.7. The van der Waals surface area contributed by atoms with Gasteiger partial charge >= 0.3 is 0 Å². The maximum Gasteiger partial charge on any atom is 0.124 e. The topological polar surface area (TPSA) is 21.3 Å². The first-order chi connectivity index (χ1) is 10.1. The Morgan fingerprint density at radius 2 is 2.00 bits per heavy atom. The van der Waals surface area contributed by atoms with E-state index in [2.05, 4.69) is 47.0 Å². The highest BCUT2D eigenvalue weighted by atomic mass is 127. The third kappa shape index (κ3) is 3.55. The Labute approximate surface area is 138 Å². The lowest BCUT2D eigenvalue weighted by molar-refractivity contribution is 0.402. The Morgan fingerprint density at radius 1 is 1.24 bits per heavy atom. The van der Waals surface area contributed by atoms with Gasteiger partial charge in [-0.15, -0.1) is 0 Å². The third-order valence-electron chi connectivity index (χ3n) is 3.44. The largest absolute Gasteiger partial charge is 0.496 e. The van der Waals surface area contributed by atoms with E-state index in [1.165, 1.54) is 15.2 Å².